The molecule has 3 aliphatic rings. The third-order valence-electron chi connectivity index (χ3n) is 6.48. The van der Waals surface area contributed by atoms with E-state index in [2.05, 4.69) is 43.5 Å². The lowest BCUT2D eigenvalue weighted by Crippen LogP contribution is -2.67. The molecule has 1 saturated carbocycles. The molecule has 2 aliphatic heterocycles. The lowest BCUT2D eigenvalue weighted by atomic mass is 9.57. The van der Waals surface area contributed by atoms with E-state index in [0.717, 1.165) is 49.7 Å². The van der Waals surface area contributed by atoms with Crippen LogP contribution in [0, 0.1) is 11.3 Å². The first kappa shape index (κ1) is 19.2. The Balaban J connectivity index is 1.40. The van der Waals surface area contributed by atoms with Crippen molar-refractivity contribution in [3.05, 3.63) is 29.8 Å². The van der Waals surface area contributed by atoms with Gasteiger partial charge in [0.25, 0.3) is 0 Å². The van der Waals surface area contributed by atoms with Gasteiger partial charge in [-0.15, -0.1) is 0 Å². The maximum Gasteiger partial charge on any atom is 0.227 e. The average Bonchev–Trinajstić information content (AvgIpc) is 3.32. The van der Waals surface area contributed by atoms with Gasteiger partial charge in [-0.2, -0.15) is 0 Å². The van der Waals surface area contributed by atoms with Crippen LogP contribution in [0.25, 0.3) is 0 Å². The molecule has 3 atom stereocenters. The minimum absolute atomic E-state index is 0.126. The molecule has 1 amide bonds. The molecule has 28 heavy (non-hydrogen) atoms. The molecule has 2 N–H and O–H groups in total. The van der Waals surface area contributed by atoms with Gasteiger partial charge in [-0.05, 0) is 37.5 Å². The molecular weight excluding hydrogens is 352 g/mol. The van der Waals surface area contributed by atoms with Crippen molar-refractivity contribution < 1.29 is 9.53 Å². The standard InChI is InChI=1S/C22H32N4O2/c1-4-23-21(25-19-17-11-13-28-20(17)22(19,2)3)24-14-15-7-9-16(10-8-15)26-12-5-6-18(26)27/h7-10,17,19-20H,4-6,11-14H2,1-3H3,(H2,23,24,25). The van der Waals surface area contributed by atoms with Gasteiger partial charge in [0.15, 0.2) is 5.96 Å². The van der Waals surface area contributed by atoms with Crippen LogP contribution in [0.5, 0.6) is 0 Å². The van der Waals surface area contributed by atoms with E-state index in [9.17, 15) is 4.79 Å². The Morgan fingerprint density at radius 1 is 1.32 bits per heavy atom. The van der Waals surface area contributed by atoms with Crippen LogP contribution in [0.4, 0.5) is 5.69 Å². The van der Waals surface area contributed by atoms with Crippen LogP contribution < -0.4 is 15.5 Å². The summed E-state index contributed by atoms with van der Waals surface area (Å²) in [6.45, 7) is 9.79. The van der Waals surface area contributed by atoms with Gasteiger partial charge in [0.2, 0.25) is 5.91 Å². The molecule has 0 bridgehead atoms. The second kappa shape index (κ2) is 7.74. The lowest BCUT2D eigenvalue weighted by molar-refractivity contribution is -0.117. The fourth-order valence-electron chi connectivity index (χ4n) is 4.96. The van der Waals surface area contributed by atoms with E-state index < -0.39 is 0 Å². The summed E-state index contributed by atoms with van der Waals surface area (Å²) in [5, 5.41) is 7.03. The maximum absolute atomic E-state index is 11.9. The van der Waals surface area contributed by atoms with Crippen LogP contribution in [0.15, 0.2) is 29.3 Å². The molecule has 0 aromatic heterocycles. The zero-order valence-electron chi connectivity index (χ0n) is 17.2. The number of benzene rings is 1. The monoisotopic (exact) mass is 384 g/mol. The second-order valence-corrected chi connectivity index (χ2v) is 8.70. The molecule has 6 nitrogen and oxygen atoms in total. The Kier molecular flexibility index (Phi) is 5.32. The van der Waals surface area contributed by atoms with Gasteiger partial charge in [0.05, 0.1) is 12.6 Å². The molecule has 3 unspecified atom stereocenters. The lowest BCUT2D eigenvalue weighted by Gasteiger charge is -2.54. The summed E-state index contributed by atoms with van der Waals surface area (Å²) in [5.41, 5.74) is 2.26. The van der Waals surface area contributed by atoms with E-state index in [1.807, 2.05) is 17.0 Å². The van der Waals surface area contributed by atoms with E-state index in [1.54, 1.807) is 0 Å². The molecule has 3 fully saturated rings. The number of fused-ring (bicyclic) bond motifs is 1. The van der Waals surface area contributed by atoms with Crippen molar-refractivity contribution in [2.75, 3.05) is 24.6 Å². The number of nitrogens with one attached hydrogen (secondary N) is 2. The van der Waals surface area contributed by atoms with Crippen molar-refractivity contribution in [3.63, 3.8) is 0 Å². The van der Waals surface area contributed by atoms with Crippen molar-refractivity contribution in [1.29, 1.82) is 0 Å². The maximum atomic E-state index is 11.9. The summed E-state index contributed by atoms with van der Waals surface area (Å²) >= 11 is 0. The van der Waals surface area contributed by atoms with Crippen molar-refractivity contribution in [3.8, 4) is 0 Å². The Hall–Kier alpha value is -2.08. The minimum Gasteiger partial charge on any atom is -0.377 e. The van der Waals surface area contributed by atoms with Crippen molar-refractivity contribution in [1.82, 2.24) is 10.6 Å². The fourth-order valence-corrected chi connectivity index (χ4v) is 4.96. The van der Waals surface area contributed by atoms with Crippen molar-refractivity contribution in [2.45, 2.75) is 58.7 Å². The largest absolute Gasteiger partial charge is 0.377 e. The van der Waals surface area contributed by atoms with Crippen LogP contribution >= 0.6 is 0 Å². The first-order valence-corrected chi connectivity index (χ1v) is 10.6. The van der Waals surface area contributed by atoms with E-state index in [1.165, 1.54) is 0 Å². The number of carbonyl (C=O) groups is 1. The summed E-state index contributed by atoms with van der Waals surface area (Å²) in [6.07, 6.45) is 3.11. The van der Waals surface area contributed by atoms with Gasteiger partial charge < -0.3 is 20.3 Å². The highest BCUT2D eigenvalue weighted by molar-refractivity contribution is 5.95. The molecule has 1 aliphatic carbocycles. The minimum atomic E-state index is 0.126. The molecule has 2 saturated heterocycles. The second-order valence-electron chi connectivity index (χ2n) is 8.70. The summed E-state index contributed by atoms with van der Waals surface area (Å²) < 4.78 is 5.90. The third-order valence-corrected chi connectivity index (χ3v) is 6.48. The number of amides is 1. The predicted molar refractivity (Wildman–Crippen MR) is 111 cm³/mol. The molecular formula is C22H32N4O2. The quantitative estimate of drug-likeness (QED) is 0.605. The van der Waals surface area contributed by atoms with Gasteiger partial charge in [-0.1, -0.05) is 26.0 Å². The summed E-state index contributed by atoms with van der Waals surface area (Å²) in [5.74, 6) is 1.67. The number of nitrogens with zero attached hydrogens (tertiary/aromatic N) is 2. The smallest absolute Gasteiger partial charge is 0.227 e. The SMILES string of the molecule is CCNC(=NCc1ccc(N2CCCC2=O)cc1)NC1C2CCOC2C1(C)C. The number of guanidine groups is 1. The van der Waals surface area contributed by atoms with Gasteiger partial charge in [0, 0.05) is 49.2 Å². The van der Waals surface area contributed by atoms with Crippen LogP contribution in [-0.4, -0.2) is 43.7 Å². The Bertz CT molecular complexity index is 743. The number of hydrogen-bond acceptors (Lipinski definition) is 3. The molecule has 2 heterocycles. The number of carbonyl (C=O) groups excluding carboxylic acids is 1. The molecule has 1 aromatic rings. The van der Waals surface area contributed by atoms with Crippen molar-refractivity contribution >= 4 is 17.6 Å². The molecule has 0 radical (unpaired) electrons. The fraction of sp³-hybridized carbons (Fsp3) is 0.636. The molecule has 1 aromatic carbocycles. The molecule has 0 spiro atoms. The van der Waals surface area contributed by atoms with E-state index in [0.29, 0.717) is 31.0 Å². The number of rotatable bonds is 5. The van der Waals surface area contributed by atoms with Crippen molar-refractivity contribution in [2.24, 2.45) is 16.3 Å². The number of ether oxygens (including phenoxy) is 1. The van der Waals surface area contributed by atoms with Gasteiger partial charge in [0.1, 0.15) is 0 Å². The first-order valence-electron chi connectivity index (χ1n) is 10.6. The van der Waals surface area contributed by atoms with E-state index in [4.69, 9.17) is 9.73 Å². The topological polar surface area (TPSA) is 66.0 Å². The summed E-state index contributed by atoms with van der Waals surface area (Å²) in [7, 11) is 0. The van der Waals surface area contributed by atoms with Crippen LogP contribution in [0.2, 0.25) is 0 Å². The van der Waals surface area contributed by atoms with Crippen LogP contribution in [-0.2, 0) is 16.1 Å². The van der Waals surface area contributed by atoms with E-state index in [-0.39, 0.29) is 11.3 Å². The predicted octanol–water partition coefficient (Wildman–Crippen LogP) is 2.68. The zero-order valence-corrected chi connectivity index (χ0v) is 17.2. The van der Waals surface area contributed by atoms with Gasteiger partial charge >= 0.3 is 0 Å². The first-order chi connectivity index (χ1) is 13.5. The number of hydrogen-bond donors (Lipinski definition) is 2. The van der Waals surface area contributed by atoms with Gasteiger partial charge in [-0.25, -0.2) is 4.99 Å². The third kappa shape index (κ3) is 3.50. The molecule has 4 rings (SSSR count). The Labute approximate surface area is 167 Å². The number of anilines is 1. The number of aliphatic imine (C=N–C) groups is 1. The highest BCUT2D eigenvalue weighted by Crippen LogP contribution is 2.52. The average molecular weight is 385 g/mol. The van der Waals surface area contributed by atoms with Gasteiger partial charge in [-0.3, -0.25) is 4.79 Å². The van der Waals surface area contributed by atoms with Crippen LogP contribution in [0.3, 0.4) is 0 Å². The summed E-state index contributed by atoms with van der Waals surface area (Å²) in [6, 6.07) is 8.60. The highest BCUT2D eigenvalue weighted by atomic mass is 16.5. The molecule has 152 valence electrons. The van der Waals surface area contributed by atoms with E-state index >= 15 is 0 Å². The Morgan fingerprint density at radius 2 is 2.11 bits per heavy atom. The summed E-state index contributed by atoms with van der Waals surface area (Å²) in [4.78, 5) is 18.6. The Morgan fingerprint density at radius 3 is 2.79 bits per heavy atom. The highest BCUT2D eigenvalue weighted by Gasteiger charge is 2.59. The normalized spacial score (nSPS) is 28.8. The molecule has 6 heteroatoms. The zero-order chi connectivity index (χ0) is 19.7. The van der Waals surface area contributed by atoms with Crippen LogP contribution in [0.1, 0.15) is 45.6 Å².